The van der Waals surface area contributed by atoms with Gasteiger partial charge in [-0.25, -0.2) is 19.3 Å². The van der Waals surface area contributed by atoms with E-state index in [0.29, 0.717) is 22.8 Å². The van der Waals surface area contributed by atoms with Crippen LogP contribution in [0, 0.1) is 5.82 Å². The van der Waals surface area contributed by atoms with E-state index in [2.05, 4.69) is 19.9 Å². The van der Waals surface area contributed by atoms with Crippen LogP contribution in [0.1, 0.15) is 11.4 Å². The van der Waals surface area contributed by atoms with Gasteiger partial charge in [-0.2, -0.15) is 0 Å². The highest BCUT2D eigenvalue weighted by molar-refractivity contribution is 7.98. The van der Waals surface area contributed by atoms with Gasteiger partial charge in [-0.05, 0) is 24.0 Å². The van der Waals surface area contributed by atoms with Gasteiger partial charge in [0, 0.05) is 12.5 Å². The van der Waals surface area contributed by atoms with Crippen LogP contribution in [0.2, 0.25) is 0 Å². The van der Waals surface area contributed by atoms with E-state index < -0.39 is 0 Å². The van der Waals surface area contributed by atoms with Crippen molar-refractivity contribution in [3.63, 3.8) is 0 Å². The number of thioether (sulfide) groups is 1. The van der Waals surface area contributed by atoms with Gasteiger partial charge in [0.15, 0.2) is 11.2 Å². The average Bonchev–Trinajstić information content (AvgIpc) is 3.09. The number of fused-ring (bicyclic) bond motifs is 2. The van der Waals surface area contributed by atoms with Crippen LogP contribution in [0.5, 0.6) is 0 Å². The van der Waals surface area contributed by atoms with Gasteiger partial charge in [0.25, 0.3) is 5.22 Å². The number of hydrogen-bond donors (Lipinski definition) is 1. The molecule has 22 heavy (non-hydrogen) atoms. The van der Waals surface area contributed by atoms with Crippen molar-refractivity contribution in [2.75, 3.05) is 6.26 Å². The van der Waals surface area contributed by atoms with Crippen LogP contribution in [0.25, 0.3) is 22.3 Å². The molecule has 1 N–H and O–H groups in total. The lowest BCUT2D eigenvalue weighted by molar-refractivity contribution is 0.490. The van der Waals surface area contributed by atoms with Crippen molar-refractivity contribution in [1.82, 2.24) is 19.9 Å². The molecule has 0 fully saturated rings. The second-order valence-electron chi connectivity index (χ2n) is 4.87. The zero-order valence-corrected chi connectivity index (χ0v) is 12.4. The Labute approximate surface area is 129 Å². The van der Waals surface area contributed by atoms with Gasteiger partial charge in [0.05, 0.1) is 11.7 Å². The topological polar surface area (TPSA) is 67.6 Å². The number of aromatic nitrogens is 4. The highest BCUT2D eigenvalue weighted by Crippen LogP contribution is 2.23. The molecule has 1 aromatic carbocycles. The lowest BCUT2D eigenvalue weighted by atomic mass is 10.1. The highest BCUT2D eigenvalue weighted by Gasteiger charge is 2.09. The first-order valence-electron chi connectivity index (χ1n) is 6.65. The number of hydrogen-bond acceptors (Lipinski definition) is 5. The number of halogens is 1. The summed E-state index contributed by atoms with van der Waals surface area (Å²) in [5, 5.41) is 0.649. The summed E-state index contributed by atoms with van der Waals surface area (Å²) in [6.07, 6.45) is 3.67. The molecule has 7 heteroatoms. The number of aromatic amines is 1. The van der Waals surface area contributed by atoms with Crippen molar-refractivity contribution >= 4 is 34.0 Å². The van der Waals surface area contributed by atoms with Crippen LogP contribution in [0.15, 0.2) is 40.1 Å². The van der Waals surface area contributed by atoms with Gasteiger partial charge < -0.3 is 9.40 Å². The third kappa shape index (κ3) is 2.33. The van der Waals surface area contributed by atoms with Gasteiger partial charge in [-0.1, -0.05) is 17.8 Å². The largest absolute Gasteiger partial charge is 0.431 e. The van der Waals surface area contributed by atoms with Gasteiger partial charge in [0.1, 0.15) is 17.2 Å². The molecule has 0 saturated carbocycles. The molecule has 110 valence electrons. The molecule has 0 aliphatic heterocycles. The number of rotatable bonds is 3. The van der Waals surface area contributed by atoms with E-state index in [1.807, 2.05) is 24.5 Å². The Morgan fingerprint density at radius 1 is 1.27 bits per heavy atom. The SMILES string of the molecule is CSc1nc2ccc(Cc3nc4ncc(F)cc4[nH]3)cc2o1. The van der Waals surface area contributed by atoms with Crippen molar-refractivity contribution in [2.24, 2.45) is 0 Å². The standard InChI is InChI=1S/C15H11FN4OS/c1-22-15-19-10-3-2-8(4-12(10)21-15)5-13-18-11-6-9(16)7-17-14(11)20-13/h2-4,6-7H,5H2,1H3,(H,17,18,20). The Morgan fingerprint density at radius 3 is 3.05 bits per heavy atom. The maximum atomic E-state index is 13.2. The zero-order valence-electron chi connectivity index (χ0n) is 11.6. The molecule has 0 saturated heterocycles. The summed E-state index contributed by atoms with van der Waals surface area (Å²) in [7, 11) is 0. The molecule has 0 bridgehead atoms. The quantitative estimate of drug-likeness (QED) is 0.586. The molecule has 3 aromatic heterocycles. The van der Waals surface area contributed by atoms with Crippen LogP contribution in [-0.2, 0) is 6.42 Å². The van der Waals surface area contributed by atoms with E-state index >= 15 is 0 Å². The summed E-state index contributed by atoms with van der Waals surface area (Å²) in [6, 6.07) is 7.25. The molecule has 0 atom stereocenters. The summed E-state index contributed by atoms with van der Waals surface area (Å²) in [5.41, 5.74) is 3.74. The van der Waals surface area contributed by atoms with Gasteiger partial charge >= 0.3 is 0 Å². The van der Waals surface area contributed by atoms with E-state index in [-0.39, 0.29) is 5.82 Å². The lowest BCUT2D eigenvalue weighted by Gasteiger charge is -1.97. The molecule has 0 amide bonds. The normalized spacial score (nSPS) is 11.5. The van der Waals surface area contributed by atoms with Gasteiger partial charge in [0.2, 0.25) is 0 Å². The van der Waals surface area contributed by atoms with Crippen molar-refractivity contribution in [3.05, 3.63) is 47.7 Å². The first-order valence-corrected chi connectivity index (χ1v) is 7.87. The van der Waals surface area contributed by atoms with E-state index in [1.54, 1.807) is 0 Å². The van der Waals surface area contributed by atoms with Crippen LogP contribution in [0.4, 0.5) is 4.39 Å². The third-order valence-corrected chi connectivity index (χ3v) is 3.86. The minimum atomic E-state index is -0.379. The number of pyridine rings is 1. The minimum absolute atomic E-state index is 0.379. The molecule has 0 radical (unpaired) electrons. The third-order valence-electron chi connectivity index (χ3n) is 3.33. The summed E-state index contributed by atoms with van der Waals surface area (Å²) >= 11 is 1.47. The van der Waals surface area contributed by atoms with Crippen LogP contribution in [-0.4, -0.2) is 26.2 Å². The molecule has 0 aliphatic rings. The number of benzene rings is 1. The molecule has 5 nitrogen and oxygen atoms in total. The molecule has 3 heterocycles. The first-order chi connectivity index (χ1) is 10.7. The molecular formula is C15H11FN4OS. The zero-order chi connectivity index (χ0) is 15.1. The molecular weight excluding hydrogens is 303 g/mol. The van der Waals surface area contributed by atoms with Gasteiger partial charge in [-0.15, -0.1) is 0 Å². The minimum Gasteiger partial charge on any atom is -0.431 e. The molecule has 0 aliphatic carbocycles. The number of imidazole rings is 1. The fraction of sp³-hybridized carbons (Fsp3) is 0.133. The van der Waals surface area contributed by atoms with E-state index in [4.69, 9.17) is 4.42 Å². The lowest BCUT2D eigenvalue weighted by Crippen LogP contribution is -1.90. The summed E-state index contributed by atoms with van der Waals surface area (Å²) in [4.78, 5) is 15.8. The van der Waals surface area contributed by atoms with Crippen molar-refractivity contribution in [2.45, 2.75) is 11.6 Å². The Bertz CT molecular complexity index is 978. The molecule has 4 aromatic rings. The maximum absolute atomic E-state index is 13.2. The first kappa shape index (κ1) is 13.3. The average molecular weight is 314 g/mol. The summed E-state index contributed by atoms with van der Waals surface area (Å²) < 4.78 is 18.8. The molecule has 0 spiro atoms. The fourth-order valence-corrected chi connectivity index (χ4v) is 2.71. The number of nitrogens with zero attached hydrogens (tertiary/aromatic N) is 3. The van der Waals surface area contributed by atoms with Crippen LogP contribution < -0.4 is 0 Å². The van der Waals surface area contributed by atoms with E-state index in [1.165, 1.54) is 17.8 Å². The smallest absolute Gasteiger partial charge is 0.256 e. The molecule has 0 unspecified atom stereocenters. The van der Waals surface area contributed by atoms with E-state index in [0.717, 1.165) is 28.7 Å². The van der Waals surface area contributed by atoms with Crippen molar-refractivity contribution < 1.29 is 8.81 Å². The predicted molar refractivity (Wildman–Crippen MR) is 82.4 cm³/mol. The highest BCUT2D eigenvalue weighted by atomic mass is 32.2. The maximum Gasteiger partial charge on any atom is 0.256 e. The number of nitrogens with one attached hydrogen (secondary N) is 1. The van der Waals surface area contributed by atoms with Crippen LogP contribution >= 0.6 is 11.8 Å². The predicted octanol–water partition coefficient (Wildman–Crippen LogP) is 3.55. The number of H-pyrrole nitrogens is 1. The Balaban J connectivity index is 1.68. The summed E-state index contributed by atoms with van der Waals surface area (Å²) in [5.74, 6) is 0.354. The van der Waals surface area contributed by atoms with Crippen LogP contribution in [0.3, 0.4) is 0 Å². The Kier molecular flexibility index (Phi) is 3.07. The Morgan fingerprint density at radius 2 is 2.18 bits per heavy atom. The summed E-state index contributed by atoms with van der Waals surface area (Å²) in [6.45, 7) is 0. The molecule has 4 rings (SSSR count). The fourth-order valence-electron chi connectivity index (χ4n) is 2.35. The Hall–Kier alpha value is -2.41. The van der Waals surface area contributed by atoms with E-state index in [9.17, 15) is 4.39 Å². The second-order valence-corrected chi connectivity index (χ2v) is 5.63. The second kappa shape index (κ2) is 5.10. The monoisotopic (exact) mass is 314 g/mol. The van der Waals surface area contributed by atoms with Crippen molar-refractivity contribution in [3.8, 4) is 0 Å². The number of oxazole rings is 1. The van der Waals surface area contributed by atoms with Crippen molar-refractivity contribution in [1.29, 1.82) is 0 Å². The van der Waals surface area contributed by atoms with Gasteiger partial charge in [-0.3, -0.25) is 0 Å².